The van der Waals surface area contributed by atoms with E-state index >= 15 is 0 Å². The summed E-state index contributed by atoms with van der Waals surface area (Å²) in [6.45, 7) is 10.6. The van der Waals surface area contributed by atoms with Crippen LogP contribution in [0.25, 0.3) is 0 Å². The largest absolute Gasteiger partial charge is 0.469 e. The summed E-state index contributed by atoms with van der Waals surface area (Å²) in [6, 6.07) is 0. The number of methoxy groups -OCH3 is 1. The Morgan fingerprint density at radius 3 is 2.22 bits per heavy atom. The molecule has 0 unspecified atom stereocenters. The zero-order valence-electron chi connectivity index (χ0n) is 23.7. The zero-order valence-corrected chi connectivity index (χ0v) is 23.7. The van der Waals surface area contributed by atoms with Crippen LogP contribution in [0.1, 0.15) is 92.4 Å². The lowest BCUT2D eigenvalue weighted by Crippen LogP contribution is -2.61. The van der Waals surface area contributed by atoms with E-state index in [1.54, 1.807) is 0 Å². The Balaban J connectivity index is 1.54. The van der Waals surface area contributed by atoms with E-state index in [1.165, 1.54) is 12.7 Å². The van der Waals surface area contributed by atoms with Gasteiger partial charge in [0.05, 0.1) is 31.3 Å². The third kappa shape index (κ3) is 3.47. The van der Waals surface area contributed by atoms with Crippen molar-refractivity contribution < 1.29 is 29.6 Å². The molecule has 11 atom stereocenters. The van der Waals surface area contributed by atoms with Crippen molar-refractivity contribution in [2.24, 2.45) is 50.7 Å². The first-order chi connectivity index (χ1) is 17.2. The number of aliphatic hydroxyl groups is 3. The van der Waals surface area contributed by atoms with Gasteiger partial charge in [-0.1, -0.05) is 33.3 Å². The summed E-state index contributed by atoms with van der Waals surface area (Å²) in [4.78, 5) is 26.8. The lowest BCUT2D eigenvalue weighted by molar-refractivity contribution is -0.202. The van der Waals surface area contributed by atoms with Crippen LogP contribution < -0.4 is 0 Å². The summed E-state index contributed by atoms with van der Waals surface area (Å²) in [5, 5.41) is 32.3. The molecule has 0 heterocycles. The molecule has 0 aromatic carbocycles. The Kier molecular flexibility index (Phi) is 6.37. The molecule has 4 saturated carbocycles. The molecule has 0 saturated heterocycles. The Labute approximate surface area is 222 Å². The summed E-state index contributed by atoms with van der Waals surface area (Å²) in [7, 11) is 1.43. The van der Waals surface area contributed by atoms with Gasteiger partial charge in [0.2, 0.25) is 0 Å². The Morgan fingerprint density at radius 2 is 1.57 bits per heavy atom. The molecule has 6 heteroatoms. The predicted octanol–water partition coefficient (Wildman–Crippen LogP) is 4.44. The molecule has 5 aliphatic carbocycles. The molecule has 0 bridgehead atoms. The van der Waals surface area contributed by atoms with Crippen molar-refractivity contribution in [3.63, 3.8) is 0 Å². The maximum absolute atomic E-state index is 13.7. The van der Waals surface area contributed by atoms with Crippen LogP contribution >= 0.6 is 0 Å². The van der Waals surface area contributed by atoms with Crippen molar-refractivity contribution in [3.8, 4) is 0 Å². The minimum Gasteiger partial charge on any atom is -0.469 e. The van der Waals surface area contributed by atoms with E-state index in [1.807, 2.05) is 19.9 Å². The molecule has 0 radical (unpaired) electrons. The minimum atomic E-state index is -0.906. The van der Waals surface area contributed by atoms with Gasteiger partial charge in [-0.3, -0.25) is 9.59 Å². The lowest BCUT2D eigenvalue weighted by Gasteiger charge is -2.63. The van der Waals surface area contributed by atoms with Crippen LogP contribution in [0.15, 0.2) is 11.6 Å². The maximum atomic E-state index is 13.7. The quantitative estimate of drug-likeness (QED) is 0.469. The highest BCUT2D eigenvalue weighted by Gasteiger charge is 2.67. The van der Waals surface area contributed by atoms with Gasteiger partial charge >= 0.3 is 5.97 Å². The Hall–Kier alpha value is -1.24. The fourth-order valence-corrected chi connectivity index (χ4v) is 11.1. The number of allylic oxidation sites excluding steroid dienone is 2. The second-order valence-corrected chi connectivity index (χ2v) is 14.7. The fraction of sp³-hybridized carbons (Fsp3) is 0.871. The number of hydrogen-bond acceptors (Lipinski definition) is 6. The van der Waals surface area contributed by atoms with Crippen LogP contribution in [0.5, 0.6) is 0 Å². The summed E-state index contributed by atoms with van der Waals surface area (Å²) in [5.41, 5.74) is -0.839. The van der Waals surface area contributed by atoms with E-state index in [9.17, 15) is 24.9 Å². The van der Waals surface area contributed by atoms with E-state index < -0.39 is 23.0 Å². The number of esters is 1. The van der Waals surface area contributed by atoms with Crippen molar-refractivity contribution >= 4 is 11.8 Å². The fourth-order valence-electron chi connectivity index (χ4n) is 11.1. The average molecular weight is 517 g/mol. The van der Waals surface area contributed by atoms with Crippen LogP contribution in [-0.4, -0.2) is 53.0 Å². The topological polar surface area (TPSA) is 104 Å². The number of rotatable bonds is 2. The van der Waals surface area contributed by atoms with E-state index in [2.05, 4.69) is 20.8 Å². The number of ether oxygens (including phenoxy) is 1. The molecule has 6 nitrogen and oxygen atoms in total. The SMILES string of the molecule is COC(=O)[C@@]1(C)[C@@H](O)CC[C@]2(C)[C@H]3CC[C@H]4C(=CC(=O)[C@H]5[C@]4(C)CC[C@@H](O)[C@]5(C)CO)C[C@]3(C)CC[C@@H]21. The standard InChI is InChI=1S/C31H48O6/c1-27-12-9-22-29(3,14-11-24(35)31(22,5)26(36)37-6)21(27)8-7-19-18(16-27)15-20(33)25-28(19,2)13-10-23(34)30(25,4)17-32/h15,19,21-25,32,34-35H,7-14,16-17H2,1-6H3/t19-,21-,22-,23+,24-,25-,27-,28+,29+,30-,31+/m0/s1. The molecule has 208 valence electrons. The number of ketones is 1. The summed E-state index contributed by atoms with van der Waals surface area (Å²) < 4.78 is 5.26. The van der Waals surface area contributed by atoms with Crippen LogP contribution in [0.3, 0.4) is 0 Å². The maximum Gasteiger partial charge on any atom is 0.314 e. The second-order valence-electron chi connectivity index (χ2n) is 14.7. The zero-order chi connectivity index (χ0) is 27.2. The molecule has 37 heavy (non-hydrogen) atoms. The molecule has 4 fully saturated rings. The van der Waals surface area contributed by atoms with Crippen LogP contribution in [-0.2, 0) is 14.3 Å². The predicted molar refractivity (Wildman–Crippen MR) is 140 cm³/mol. The van der Waals surface area contributed by atoms with Gasteiger partial charge in [-0.2, -0.15) is 0 Å². The number of aliphatic hydroxyl groups excluding tert-OH is 3. The van der Waals surface area contributed by atoms with Gasteiger partial charge in [0.1, 0.15) is 0 Å². The molecular formula is C31H48O6. The lowest BCUT2D eigenvalue weighted by atomic mass is 9.41. The van der Waals surface area contributed by atoms with Crippen LogP contribution in [0.4, 0.5) is 0 Å². The second kappa shape index (κ2) is 8.63. The Bertz CT molecular complexity index is 1010. The van der Waals surface area contributed by atoms with Crippen LogP contribution in [0.2, 0.25) is 0 Å². The molecule has 0 amide bonds. The first kappa shape index (κ1) is 27.3. The van der Waals surface area contributed by atoms with Crippen LogP contribution in [0, 0.1) is 50.7 Å². The normalized spacial score (nSPS) is 53.5. The first-order valence-corrected chi connectivity index (χ1v) is 14.5. The van der Waals surface area contributed by atoms with E-state index in [-0.39, 0.29) is 52.4 Å². The summed E-state index contributed by atoms with van der Waals surface area (Å²) >= 11 is 0. The molecule has 5 rings (SSSR count). The van der Waals surface area contributed by atoms with Gasteiger partial charge in [-0.25, -0.2) is 0 Å². The summed E-state index contributed by atoms with van der Waals surface area (Å²) in [5.74, 6) is 0.0677. The highest BCUT2D eigenvalue weighted by Crippen LogP contribution is 2.70. The highest BCUT2D eigenvalue weighted by atomic mass is 16.5. The smallest absolute Gasteiger partial charge is 0.314 e. The highest BCUT2D eigenvalue weighted by molar-refractivity contribution is 5.95. The third-order valence-corrected chi connectivity index (χ3v) is 13.0. The van der Waals surface area contributed by atoms with Gasteiger partial charge in [-0.05, 0) is 105 Å². The number of fused-ring (bicyclic) bond motifs is 6. The third-order valence-electron chi connectivity index (χ3n) is 13.0. The number of carbonyl (C=O) groups is 2. The molecule has 0 aromatic rings. The first-order valence-electron chi connectivity index (χ1n) is 14.5. The monoisotopic (exact) mass is 516 g/mol. The van der Waals surface area contributed by atoms with Crippen molar-refractivity contribution in [3.05, 3.63) is 11.6 Å². The van der Waals surface area contributed by atoms with Crippen molar-refractivity contribution in [2.45, 2.75) is 105 Å². The number of hydrogen-bond donors (Lipinski definition) is 3. The van der Waals surface area contributed by atoms with E-state index in [0.717, 1.165) is 44.9 Å². The van der Waals surface area contributed by atoms with Gasteiger partial charge in [0.25, 0.3) is 0 Å². The number of carbonyl (C=O) groups excluding carboxylic acids is 2. The minimum absolute atomic E-state index is 0.0170. The van der Waals surface area contributed by atoms with Crippen molar-refractivity contribution in [1.29, 1.82) is 0 Å². The molecular weight excluding hydrogens is 468 g/mol. The molecule has 0 spiro atoms. The molecule has 0 aromatic heterocycles. The molecule has 0 aliphatic heterocycles. The van der Waals surface area contributed by atoms with Gasteiger partial charge in [0.15, 0.2) is 5.78 Å². The van der Waals surface area contributed by atoms with Gasteiger partial charge in [-0.15, -0.1) is 0 Å². The molecule has 5 aliphatic rings. The molecule has 3 N–H and O–H groups in total. The summed E-state index contributed by atoms with van der Waals surface area (Å²) in [6.07, 6.45) is 8.12. The Morgan fingerprint density at radius 1 is 0.919 bits per heavy atom. The van der Waals surface area contributed by atoms with E-state index in [0.29, 0.717) is 18.8 Å². The van der Waals surface area contributed by atoms with Crippen molar-refractivity contribution in [2.75, 3.05) is 13.7 Å². The van der Waals surface area contributed by atoms with Gasteiger partial charge < -0.3 is 20.1 Å². The average Bonchev–Trinajstić information content (AvgIpc) is 3.00. The van der Waals surface area contributed by atoms with Crippen molar-refractivity contribution in [1.82, 2.24) is 0 Å². The van der Waals surface area contributed by atoms with Gasteiger partial charge in [0, 0.05) is 11.3 Å². The van der Waals surface area contributed by atoms with E-state index in [4.69, 9.17) is 4.74 Å².